The smallest absolute Gasteiger partial charge is 0.337 e. The average molecular weight is 289 g/mol. The molecule has 0 amide bonds. The van der Waals surface area contributed by atoms with E-state index in [9.17, 15) is 4.79 Å². The SMILES string of the molecule is CCSCCCNc1c(Cl)cc(N)cc1C(=O)O. The van der Waals surface area contributed by atoms with Gasteiger partial charge in [-0.2, -0.15) is 11.8 Å². The van der Waals surface area contributed by atoms with E-state index in [1.54, 1.807) is 6.07 Å². The molecule has 0 fully saturated rings. The molecule has 4 N–H and O–H groups in total. The first-order chi connectivity index (χ1) is 8.56. The number of carboxylic acid groups (broad SMARTS) is 1. The minimum absolute atomic E-state index is 0.114. The molecule has 0 radical (unpaired) electrons. The molecule has 1 rings (SSSR count). The summed E-state index contributed by atoms with van der Waals surface area (Å²) < 4.78 is 0. The van der Waals surface area contributed by atoms with Crippen molar-refractivity contribution >= 4 is 40.7 Å². The molecule has 0 saturated carbocycles. The number of hydrogen-bond donors (Lipinski definition) is 3. The van der Waals surface area contributed by atoms with Crippen LogP contribution in [-0.2, 0) is 0 Å². The molecule has 0 heterocycles. The normalized spacial score (nSPS) is 10.3. The van der Waals surface area contributed by atoms with Gasteiger partial charge in [0.05, 0.1) is 16.3 Å². The topological polar surface area (TPSA) is 75.3 Å². The van der Waals surface area contributed by atoms with Crippen molar-refractivity contribution in [2.75, 3.05) is 29.1 Å². The van der Waals surface area contributed by atoms with Gasteiger partial charge in [0.25, 0.3) is 0 Å². The van der Waals surface area contributed by atoms with Crippen LogP contribution in [0.4, 0.5) is 11.4 Å². The van der Waals surface area contributed by atoms with Crippen molar-refractivity contribution in [3.63, 3.8) is 0 Å². The van der Waals surface area contributed by atoms with Crippen LogP contribution in [0.3, 0.4) is 0 Å². The molecule has 1 aromatic carbocycles. The van der Waals surface area contributed by atoms with Gasteiger partial charge >= 0.3 is 5.97 Å². The lowest BCUT2D eigenvalue weighted by Crippen LogP contribution is -2.09. The number of nitrogens with two attached hydrogens (primary N) is 1. The van der Waals surface area contributed by atoms with Gasteiger partial charge in [0, 0.05) is 12.2 Å². The highest BCUT2D eigenvalue weighted by atomic mass is 35.5. The van der Waals surface area contributed by atoms with Crippen LogP contribution in [0, 0.1) is 0 Å². The number of nitrogen functional groups attached to an aromatic ring is 1. The van der Waals surface area contributed by atoms with Crippen molar-refractivity contribution < 1.29 is 9.90 Å². The molecule has 4 nitrogen and oxygen atoms in total. The first-order valence-electron chi connectivity index (χ1n) is 5.70. The van der Waals surface area contributed by atoms with Gasteiger partial charge in [-0.15, -0.1) is 0 Å². The second kappa shape index (κ2) is 7.38. The zero-order valence-electron chi connectivity index (χ0n) is 10.2. The van der Waals surface area contributed by atoms with Crippen LogP contribution < -0.4 is 11.1 Å². The molecule has 0 atom stereocenters. The van der Waals surface area contributed by atoms with Gasteiger partial charge in [0.2, 0.25) is 0 Å². The number of thioether (sulfide) groups is 1. The molecule has 0 saturated heterocycles. The number of rotatable bonds is 7. The Hall–Kier alpha value is -1.07. The van der Waals surface area contributed by atoms with Gasteiger partial charge in [-0.1, -0.05) is 18.5 Å². The van der Waals surface area contributed by atoms with Crippen molar-refractivity contribution in [1.29, 1.82) is 0 Å². The van der Waals surface area contributed by atoms with Crippen LogP contribution in [0.25, 0.3) is 0 Å². The van der Waals surface area contributed by atoms with Crippen molar-refractivity contribution in [2.24, 2.45) is 0 Å². The first-order valence-corrected chi connectivity index (χ1v) is 7.23. The van der Waals surface area contributed by atoms with Gasteiger partial charge < -0.3 is 16.2 Å². The summed E-state index contributed by atoms with van der Waals surface area (Å²) in [6.07, 6.45) is 0.957. The van der Waals surface area contributed by atoms with Gasteiger partial charge in [-0.05, 0) is 30.1 Å². The molecule has 0 unspecified atom stereocenters. The number of hydrogen-bond acceptors (Lipinski definition) is 4. The van der Waals surface area contributed by atoms with E-state index in [0.717, 1.165) is 17.9 Å². The Bertz CT molecular complexity index is 427. The number of carbonyl (C=O) groups is 1. The van der Waals surface area contributed by atoms with E-state index < -0.39 is 5.97 Å². The summed E-state index contributed by atoms with van der Waals surface area (Å²) in [6, 6.07) is 2.97. The predicted octanol–water partition coefficient (Wildman–Crippen LogP) is 3.18. The maximum absolute atomic E-state index is 11.1. The zero-order chi connectivity index (χ0) is 13.5. The van der Waals surface area contributed by atoms with E-state index in [2.05, 4.69) is 12.2 Å². The van der Waals surface area contributed by atoms with E-state index >= 15 is 0 Å². The van der Waals surface area contributed by atoms with Gasteiger partial charge in [-0.25, -0.2) is 4.79 Å². The maximum atomic E-state index is 11.1. The highest BCUT2D eigenvalue weighted by Crippen LogP contribution is 2.29. The number of carboxylic acids is 1. The molecule has 1 aromatic rings. The zero-order valence-corrected chi connectivity index (χ0v) is 11.8. The van der Waals surface area contributed by atoms with E-state index in [1.807, 2.05) is 11.8 Å². The average Bonchev–Trinajstić information content (AvgIpc) is 2.30. The Kier molecular flexibility index (Phi) is 6.15. The summed E-state index contributed by atoms with van der Waals surface area (Å²) in [5.41, 5.74) is 6.49. The summed E-state index contributed by atoms with van der Waals surface area (Å²) in [4.78, 5) is 11.1. The Morgan fingerprint density at radius 2 is 2.28 bits per heavy atom. The van der Waals surface area contributed by atoms with Crippen LogP contribution in [0.1, 0.15) is 23.7 Å². The largest absolute Gasteiger partial charge is 0.478 e. The lowest BCUT2D eigenvalue weighted by Gasteiger charge is -2.12. The Morgan fingerprint density at radius 1 is 1.56 bits per heavy atom. The summed E-state index contributed by atoms with van der Waals surface area (Å²) in [6.45, 7) is 2.80. The molecule has 0 aliphatic heterocycles. The minimum Gasteiger partial charge on any atom is -0.478 e. The third-order valence-electron chi connectivity index (χ3n) is 2.31. The predicted molar refractivity (Wildman–Crippen MR) is 78.9 cm³/mol. The van der Waals surface area contributed by atoms with E-state index in [0.29, 0.717) is 22.9 Å². The summed E-state index contributed by atoms with van der Waals surface area (Å²) in [7, 11) is 0. The second-order valence-electron chi connectivity index (χ2n) is 3.71. The van der Waals surface area contributed by atoms with Crippen LogP contribution in [-0.4, -0.2) is 29.1 Å². The fraction of sp³-hybridized carbons (Fsp3) is 0.417. The monoisotopic (exact) mass is 288 g/mol. The van der Waals surface area contributed by atoms with E-state index in [-0.39, 0.29) is 5.56 Å². The van der Waals surface area contributed by atoms with Crippen LogP contribution in [0.15, 0.2) is 12.1 Å². The van der Waals surface area contributed by atoms with Crippen molar-refractivity contribution in [3.8, 4) is 0 Å². The van der Waals surface area contributed by atoms with Crippen molar-refractivity contribution in [1.82, 2.24) is 0 Å². The Morgan fingerprint density at radius 3 is 2.89 bits per heavy atom. The molecule has 0 aromatic heterocycles. The van der Waals surface area contributed by atoms with Gasteiger partial charge in [0.1, 0.15) is 0 Å². The standard InChI is InChI=1S/C12H17ClN2O2S/c1-2-18-5-3-4-15-11-9(12(16)17)6-8(14)7-10(11)13/h6-7,15H,2-5,14H2,1H3,(H,16,17). The van der Waals surface area contributed by atoms with Crippen molar-refractivity contribution in [3.05, 3.63) is 22.7 Å². The number of aromatic carboxylic acids is 1. The van der Waals surface area contributed by atoms with Gasteiger partial charge in [-0.3, -0.25) is 0 Å². The highest BCUT2D eigenvalue weighted by molar-refractivity contribution is 7.99. The molecule has 0 aliphatic carbocycles. The highest BCUT2D eigenvalue weighted by Gasteiger charge is 2.14. The van der Waals surface area contributed by atoms with Gasteiger partial charge in [0.15, 0.2) is 0 Å². The third-order valence-corrected chi connectivity index (χ3v) is 3.60. The lowest BCUT2D eigenvalue weighted by molar-refractivity contribution is 0.0698. The Balaban J connectivity index is 2.71. The molecule has 0 bridgehead atoms. The molecular weight excluding hydrogens is 272 g/mol. The van der Waals surface area contributed by atoms with Crippen molar-refractivity contribution in [2.45, 2.75) is 13.3 Å². The molecule has 0 aliphatic rings. The molecular formula is C12H17ClN2O2S. The summed E-state index contributed by atoms with van der Waals surface area (Å²) in [5.74, 6) is 1.09. The quantitative estimate of drug-likeness (QED) is 0.531. The number of anilines is 2. The molecule has 6 heteroatoms. The lowest BCUT2D eigenvalue weighted by atomic mass is 10.1. The molecule has 18 heavy (non-hydrogen) atoms. The minimum atomic E-state index is -1.03. The Labute approximate surface area is 116 Å². The fourth-order valence-corrected chi connectivity index (χ4v) is 2.44. The van der Waals surface area contributed by atoms with Crippen LogP contribution in [0.2, 0.25) is 5.02 Å². The fourth-order valence-electron chi connectivity index (χ4n) is 1.51. The van der Waals surface area contributed by atoms with Crippen LogP contribution >= 0.6 is 23.4 Å². The first kappa shape index (κ1) is 15.0. The van der Waals surface area contributed by atoms with Crippen LogP contribution in [0.5, 0.6) is 0 Å². The van der Waals surface area contributed by atoms with E-state index in [4.69, 9.17) is 22.4 Å². The summed E-state index contributed by atoms with van der Waals surface area (Å²) >= 11 is 7.86. The summed E-state index contributed by atoms with van der Waals surface area (Å²) in [5, 5.41) is 12.5. The number of nitrogens with one attached hydrogen (secondary N) is 1. The number of benzene rings is 1. The molecule has 0 spiro atoms. The second-order valence-corrected chi connectivity index (χ2v) is 5.51. The van der Waals surface area contributed by atoms with E-state index in [1.165, 1.54) is 6.07 Å². The molecule has 100 valence electrons. The number of halogens is 1. The third kappa shape index (κ3) is 4.31. The maximum Gasteiger partial charge on any atom is 0.337 e.